The van der Waals surface area contributed by atoms with Crippen molar-refractivity contribution in [3.63, 3.8) is 0 Å². The molecule has 1 aliphatic heterocycles. The number of carbonyl (C=O) groups excluding carboxylic acids is 3. The number of ether oxygens (including phenoxy) is 2. The molecule has 8 heteroatoms. The number of benzene rings is 2. The number of anilines is 1. The van der Waals surface area contributed by atoms with Gasteiger partial charge >= 0.3 is 6.09 Å². The molecule has 1 aliphatic carbocycles. The van der Waals surface area contributed by atoms with Gasteiger partial charge in [0.05, 0.1) is 24.8 Å². The molecule has 162 valence electrons. The van der Waals surface area contributed by atoms with Crippen LogP contribution in [0.15, 0.2) is 40.9 Å². The molecule has 1 fully saturated rings. The molecule has 0 atom stereocenters. The molecule has 1 N–H and O–H groups in total. The number of nitrogens with zero attached hydrogens (tertiary/aromatic N) is 1. The van der Waals surface area contributed by atoms with Crippen molar-refractivity contribution in [1.29, 1.82) is 0 Å². The van der Waals surface area contributed by atoms with E-state index in [9.17, 15) is 14.4 Å². The number of rotatable bonds is 6. The fraction of sp³-hybridized carbons (Fsp3) is 0.348. The number of alkyl carbamates (subject to hydrolysis) is 1. The SMILES string of the molecule is CNC(=O)OCC(=O)c1cc(Br)c2c(c1)C1(CCC1)C(=O)N2Cc1ccc(OC)cc1. The number of hydrogen-bond acceptors (Lipinski definition) is 5. The van der Waals surface area contributed by atoms with Gasteiger partial charge in [-0.1, -0.05) is 18.6 Å². The van der Waals surface area contributed by atoms with Crippen LogP contribution in [0.1, 0.15) is 40.7 Å². The van der Waals surface area contributed by atoms with E-state index in [-0.39, 0.29) is 18.3 Å². The minimum Gasteiger partial charge on any atom is -0.497 e. The Kier molecular flexibility index (Phi) is 5.75. The first-order valence-electron chi connectivity index (χ1n) is 10.1. The summed E-state index contributed by atoms with van der Waals surface area (Å²) in [7, 11) is 3.05. The summed E-state index contributed by atoms with van der Waals surface area (Å²) < 4.78 is 10.8. The quantitative estimate of drug-likeness (QED) is 0.624. The van der Waals surface area contributed by atoms with E-state index in [1.165, 1.54) is 7.05 Å². The van der Waals surface area contributed by atoms with Crippen LogP contribution >= 0.6 is 15.9 Å². The van der Waals surface area contributed by atoms with E-state index >= 15 is 0 Å². The van der Waals surface area contributed by atoms with Crippen molar-refractivity contribution in [3.05, 3.63) is 57.6 Å². The Morgan fingerprint density at radius 3 is 2.48 bits per heavy atom. The predicted octanol–water partition coefficient (Wildman–Crippen LogP) is 3.96. The summed E-state index contributed by atoms with van der Waals surface area (Å²) in [6.07, 6.45) is 1.83. The van der Waals surface area contributed by atoms with Crippen LogP contribution in [0, 0.1) is 0 Å². The van der Waals surface area contributed by atoms with Crippen LogP contribution < -0.4 is 15.0 Å². The van der Waals surface area contributed by atoms with Gasteiger partial charge in [-0.3, -0.25) is 9.59 Å². The van der Waals surface area contributed by atoms with Gasteiger partial charge in [0, 0.05) is 17.1 Å². The molecule has 2 aromatic rings. The number of fused-ring (bicyclic) bond motifs is 2. The lowest BCUT2D eigenvalue weighted by molar-refractivity contribution is -0.126. The molecule has 1 spiro atoms. The minimum absolute atomic E-state index is 0.0662. The van der Waals surface area contributed by atoms with Crippen LogP contribution in [-0.4, -0.2) is 38.5 Å². The summed E-state index contributed by atoms with van der Waals surface area (Å²) in [6.45, 7) is 0.0741. The number of carbonyl (C=O) groups is 3. The number of amides is 2. The number of ketones is 1. The standard InChI is InChI=1S/C23H23BrN2O5/c1-25-22(29)31-13-19(27)15-10-17-20(18(24)11-15)26(21(28)23(17)8-3-9-23)12-14-4-6-16(30-2)7-5-14/h4-7,10-11H,3,8-9,12-13H2,1-2H3,(H,25,29). The van der Waals surface area contributed by atoms with E-state index < -0.39 is 11.5 Å². The summed E-state index contributed by atoms with van der Waals surface area (Å²) in [4.78, 5) is 39.2. The molecule has 1 saturated carbocycles. The zero-order valence-corrected chi connectivity index (χ0v) is 19.0. The van der Waals surface area contributed by atoms with Gasteiger partial charge in [-0.2, -0.15) is 0 Å². The van der Waals surface area contributed by atoms with Gasteiger partial charge in [0.1, 0.15) is 5.75 Å². The molecule has 31 heavy (non-hydrogen) atoms. The Bertz CT molecular complexity index is 1050. The highest BCUT2D eigenvalue weighted by Gasteiger charge is 2.55. The van der Waals surface area contributed by atoms with Crippen LogP contribution in [0.3, 0.4) is 0 Å². The number of methoxy groups -OCH3 is 1. The fourth-order valence-corrected chi connectivity index (χ4v) is 4.91. The van der Waals surface area contributed by atoms with Gasteiger partial charge in [0.25, 0.3) is 0 Å². The van der Waals surface area contributed by atoms with Crippen molar-refractivity contribution in [1.82, 2.24) is 5.32 Å². The summed E-state index contributed by atoms with van der Waals surface area (Å²) >= 11 is 3.58. The average molecular weight is 487 g/mol. The van der Waals surface area contributed by atoms with Gasteiger partial charge in [-0.25, -0.2) is 4.79 Å². The minimum atomic E-state index is -0.662. The number of Topliss-reactive ketones (excluding diaryl/α,β-unsaturated/α-hetero) is 1. The molecule has 1 heterocycles. The molecule has 0 aromatic heterocycles. The van der Waals surface area contributed by atoms with Gasteiger partial charge in [0.15, 0.2) is 12.4 Å². The van der Waals surface area contributed by atoms with E-state index in [4.69, 9.17) is 9.47 Å². The van der Waals surface area contributed by atoms with E-state index in [0.717, 1.165) is 41.8 Å². The second-order valence-corrected chi connectivity index (χ2v) is 8.63. The molecular weight excluding hydrogens is 464 g/mol. The Morgan fingerprint density at radius 1 is 1.19 bits per heavy atom. The van der Waals surface area contributed by atoms with Crippen molar-refractivity contribution >= 4 is 39.4 Å². The van der Waals surface area contributed by atoms with Crippen molar-refractivity contribution < 1.29 is 23.9 Å². The lowest BCUT2D eigenvalue weighted by Crippen LogP contribution is -2.44. The first-order chi connectivity index (χ1) is 14.9. The van der Waals surface area contributed by atoms with Crippen molar-refractivity contribution in [2.75, 3.05) is 25.7 Å². The van der Waals surface area contributed by atoms with Crippen LogP contribution in [0.25, 0.3) is 0 Å². The van der Waals surface area contributed by atoms with E-state index in [1.807, 2.05) is 24.3 Å². The van der Waals surface area contributed by atoms with Gasteiger partial charge in [-0.15, -0.1) is 0 Å². The summed E-state index contributed by atoms with van der Waals surface area (Å²) in [5.74, 6) is 0.509. The van der Waals surface area contributed by atoms with Crippen molar-refractivity contribution in [2.24, 2.45) is 0 Å². The molecule has 2 amide bonds. The molecule has 7 nitrogen and oxygen atoms in total. The number of halogens is 1. The third-order valence-electron chi connectivity index (χ3n) is 6.07. The largest absolute Gasteiger partial charge is 0.497 e. The predicted molar refractivity (Wildman–Crippen MR) is 119 cm³/mol. The summed E-state index contributed by atoms with van der Waals surface area (Å²) in [5.41, 5.74) is 2.50. The molecule has 2 aromatic carbocycles. The molecular formula is C23H23BrN2O5. The first-order valence-corrected chi connectivity index (χ1v) is 10.9. The molecule has 0 saturated heterocycles. The second-order valence-electron chi connectivity index (χ2n) is 7.78. The van der Waals surface area contributed by atoms with Crippen molar-refractivity contribution in [3.8, 4) is 5.75 Å². The molecule has 0 bridgehead atoms. The van der Waals surface area contributed by atoms with Gasteiger partial charge in [0.2, 0.25) is 5.91 Å². The molecule has 4 rings (SSSR count). The second kappa shape index (κ2) is 8.34. The van der Waals surface area contributed by atoms with Crippen LogP contribution in [0.5, 0.6) is 5.75 Å². The maximum absolute atomic E-state index is 13.5. The lowest BCUT2D eigenvalue weighted by Gasteiger charge is -2.37. The Labute approximate surface area is 188 Å². The average Bonchev–Trinajstić information content (AvgIpc) is 3.00. The monoisotopic (exact) mass is 486 g/mol. The number of hydrogen-bond donors (Lipinski definition) is 1. The lowest BCUT2D eigenvalue weighted by atomic mass is 9.65. The highest BCUT2D eigenvalue weighted by Crippen LogP contribution is 2.56. The highest BCUT2D eigenvalue weighted by atomic mass is 79.9. The molecule has 0 unspecified atom stereocenters. The van der Waals surface area contributed by atoms with Gasteiger partial charge < -0.3 is 19.7 Å². The Morgan fingerprint density at radius 2 is 1.90 bits per heavy atom. The number of nitrogens with one attached hydrogen (secondary N) is 1. The zero-order valence-electron chi connectivity index (χ0n) is 17.4. The maximum Gasteiger partial charge on any atom is 0.407 e. The third kappa shape index (κ3) is 3.69. The normalized spacial score (nSPS) is 16.0. The topological polar surface area (TPSA) is 84.9 Å². The van der Waals surface area contributed by atoms with Crippen LogP contribution in [0.2, 0.25) is 0 Å². The van der Waals surface area contributed by atoms with E-state index in [2.05, 4.69) is 21.2 Å². The van der Waals surface area contributed by atoms with Crippen molar-refractivity contribution in [2.45, 2.75) is 31.2 Å². The summed E-state index contributed by atoms with van der Waals surface area (Å²) in [6, 6.07) is 11.1. The molecule has 2 aliphatic rings. The van der Waals surface area contributed by atoms with E-state index in [1.54, 1.807) is 24.1 Å². The van der Waals surface area contributed by atoms with Crippen LogP contribution in [0.4, 0.5) is 10.5 Å². The van der Waals surface area contributed by atoms with Gasteiger partial charge in [-0.05, 0) is 64.2 Å². The fourth-order valence-electron chi connectivity index (χ4n) is 4.24. The first kappa shape index (κ1) is 21.4. The highest BCUT2D eigenvalue weighted by molar-refractivity contribution is 9.10. The van der Waals surface area contributed by atoms with E-state index in [0.29, 0.717) is 16.6 Å². The Balaban J connectivity index is 1.67. The maximum atomic E-state index is 13.5. The smallest absolute Gasteiger partial charge is 0.407 e. The van der Waals surface area contributed by atoms with Crippen LogP contribution in [-0.2, 0) is 21.5 Å². The Hall–Kier alpha value is -2.87. The molecule has 0 radical (unpaired) electrons. The third-order valence-corrected chi connectivity index (χ3v) is 6.68. The summed E-state index contributed by atoms with van der Waals surface area (Å²) in [5, 5.41) is 2.32. The zero-order chi connectivity index (χ0) is 22.2.